The molecule has 1 aliphatic heterocycles. The van der Waals surface area contributed by atoms with Crippen molar-refractivity contribution in [2.24, 2.45) is 16.7 Å². The number of hydrogen-bond acceptors (Lipinski definition) is 12. The molecule has 0 spiro atoms. The van der Waals surface area contributed by atoms with E-state index in [1.807, 2.05) is 0 Å². The maximum Gasteiger partial charge on any atom is 0.338 e. The maximum atomic E-state index is 14.3. The van der Waals surface area contributed by atoms with Crippen LogP contribution >= 0.6 is 0 Å². The van der Waals surface area contributed by atoms with Crippen molar-refractivity contribution < 1.29 is 103 Å². The van der Waals surface area contributed by atoms with E-state index in [4.69, 9.17) is 14.2 Å². The molecule has 10 unspecified atom stereocenters. The van der Waals surface area contributed by atoms with Crippen molar-refractivity contribution in [2.45, 2.75) is 108 Å². The van der Waals surface area contributed by atoms with Crippen molar-refractivity contribution >= 4 is 23.6 Å². The number of Topliss-reactive ketones (excluding diaryl/α,β-unsaturated/α-hetero) is 1. The largest absolute Gasteiger partial charge is 0.459 e. The fraction of sp³-hybridized carbons (Fsp3) is 0.636. The van der Waals surface area contributed by atoms with Crippen LogP contribution in [0.4, 0.5) is 0 Å². The standard InChI is InChI=1S/C33H43NO12.Ac/c1-15-19(46-29(41)25(39)23(34-16(2)35)18-10-8-7-9-11-18)13-33(43)28(45-17(3)36)26-31(6,20(37)12-21-32(26,42)14-44-21)27(40)24(38)22(15)30(33,4)5;/h7-11,19-21,23-26,28,37-39,42-43H,12-14H2,1-6H3,(H,34,35);/t19?,20?,21?,23?,24?,25?,26?,28?,31-,32?,33?;/m1./s1. The minimum absolute atomic E-state index is 0. The first-order valence-electron chi connectivity index (χ1n) is 15.4. The number of benzene rings is 1. The first-order chi connectivity index (χ1) is 21.3. The normalized spacial score (nSPS) is 38.5. The number of fused-ring (bicyclic) bond motifs is 5. The molecule has 1 amide bonds. The van der Waals surface area contributed by atoms with Gasteiger partial charge in [-0.1, -0.05) is 44.2 Å². The Kier molecular flexibility index (Phi) is 10.7. The van der Waals surface area contributed by atoms with Gasteiger partial charge in [0.15, 0.2) is 11.9 Å². The van der Waals surface area contributed by atoms with Crippen LogP contribution in [0.5, 0.6) is 0 Å². The first-order valence-corrected chi connectivity index (χ1v) is 15.4. The molecular weight excluding hydrogens is 829 g/mol. The average Bonchev–Trinajstić information content (AvgIpc) is 2.98. The molecule has 0 aromatic heterocycles. The zero-order valence-corrected chi connectivity index (χ0v) is 32.0. The summed E-state index contributed by atoms with van der Waals surface area (Å²) < 4.78 is 17.1. The van der Waals surface area contributed by atoms with Crippen LogP contribution in [0.2, 0.25) is 0 Å². The number of hydrogen-bond donors (Lipinski definition) is 6. The predicted octanol–water partition coefficient (Wildman–Crippen LogP) is 0.00630. The van der Waals surface area contributed by atoms with E-state index in [2.05, 4.69) is 5.32 Å². The number of aliphatic hydroxyl groups excluding tert-OH is 3. The van der Waals surface area contributed by atoms with Crippen molar-refractivity contribution in [3.8, 4) is 0 Å². The van der Waals surface area contributed by atoms with Gasteiger partial charge in [0.25, 0.3) is 0 Å². The molecule has 1 heterocycles. The molecule has 1 aromatic rings. The molecule has 14 heteroatoms. The second kappa shape index (κ2) is 13.2. The molecule has 1 saturated heterocycles. The van der Waals surface area contributed by atoms with E-state index in [1.54, 1.807) is 44.2 Å². The third kappa shape index (κ3) is 5.84. The second-order valence-electron chi connectivity index (χ2n) is 13.9. The Morgan fingerprint density at radius 3 is 2.19 bits per heavy atom. The van der Waals surface area contributed by atoms with E-state index in [0.717, 1.165) is 6.92 Å². The van der Waals surface area contributed by atoms with E-state index in [1.165, 1.54) is 20.8 Å². The monoisotopic (exact) mass is 872 g/mol. The maximum absolute atomic E-state index is 14.3. The van der Waals surface area contributed by atoms with Gasteiger partial charge in [-0.25, -0.2) is 4.79 Å². The number of aliphatic hydroxyl groups is 5. The Balaban J connectivity index is 0.00000500. The molecule has 255 valence electrons. The van der Waals surface area contributed by atoms with Gasteiger partial charge in [-0.3, -0.25) is 14.4 Å². The van der Waals surface area contributed by atoms with Crippen LogP contribution in [0.1, 0.15) is 66.0 Å². The molecule has 2 bridgehead atoms. The quantitative estimate of drug-likeness (QED) is 0.165. The topological polar surface area (TPSA) is 209 Å². The van der Waals surface area contributed by atoms with Crippen molar-refractivity contribution in [3.63, 3.8) is 0 Å². The van der Waals surface area contributed by atoms with Crippen LogP contribution in [-0.2, 0) is 33.4 Å². The minimum Gasteiger partial charge on any atom is -0.459 e. The summed E-state index contributed by atoms with van der Waals surface area (Å²) >= 11 is 0. The third-order valence-corrected chi connectivity index (χ3v) is 11.0. The molecule has 11 atom stereocenters. The number of ketones is 1. The number of carbonyl (C=O) groups excluding carboxylic acids is 4. The minimum atomic E-state index is -2.21. The van der Waals surface area contributed by atoms with Gasteiger partial charge in [-0.05, 0) is 30.6 Å². The number of nitrogens with one attached hydrogen (secondary N) is 1. The van der Waals surface area contributed by atoms with E-state index in [9.17, 15) is 44.7 Å². The van der Waals surface area contributed by atoms with Gasteiger partial charge >= 0.3 is 11.9 Å². The summed E-state index contributed by atoms with van der Waals surface area (Å²) in [6, 6.07) is 7.08. The molecular formula is C33H43AcNO12. The molecule has 2 saturated carbocycles. The zero-order chi connectivity index (χ0) is 34.1. The van der Waals surface area contributed by atoms with Gasteiger partial charge in [0, 0.05) is 82.1 Å². The van der Waals surface area contributed by atoms with Gasteiger partial charge in [0.1, 0.15) is 29.5 Å². The summed E-state index contributed by atoms with van der Waals surface area (Å²) in [5.41, 5.74) is -6.83. The van der Waals surface area contributed by atoms with E-state index in [-0.39, 0.29) is 68.2 Å². The molecule has 3 fully saturated rings. The summed E-state index contributed by atoms with van der Waals surface area (Å²) in [5, 5.41) is 61.5. The van der Waals surface area contributed by atoms with Gasteiger partial charge in [0.05, 0.1) is 30.3 Å². The molecule has 1 aromatic carbocycles. The van der Waals surface area contributed by atoms with Crippen LogP contribution in [0.25, 0.3) is 0 Å². The van der Waals surface area contributed by atoms with Gasteiger partial charge < -0.3 is 45.1 Å². The Bertz CT molecular complexity index is 1470. The summed E-state index contributed by atoms with van der Waals surface area (Å²) in [6.07, 6.45) is -9.80. The fourth-order valence-corrected chi connectivity index (χ4v) is 8.37. The summed E-state index contributed by atoms with van der Waals surface area (Å²) in [5.74, 6) is -4.84. The zero-order valence-electron chi connectivity index (χ0n) is 27.3. The van der Waals surface area contributed by atoms with Crippen molar-refractivity contribution in [3.05, 3.63) is 47.0 Å². The van der Waals surface area contributed by atoms with Gasteiger partial charge in [0.2, 0.25) is 5.91 Å². The van der Waals surface area contributed by atoms with Gasteiger partial charge in [-0.15, -0.1) is 0 Å². The predicted molar refractivity (Wildman–Crippen MR) is 158 cm³/mol. The van der Waals surface area contributed by atoms with Crippen molar-refractivity contribution in [1.82, 2.24) is 5.32 Å². The summed E-state index contributed by atoms with van der Waals surface area (Å²) in [6.45, 7) is 8.05. The Labute approximate surface area is 308 Å². The van der Waals surface area contributed by atoms with Crippen LogP contribution < -0.4 is 5.32 Å². The summed E-state index contributed by atoms with van der Waals surface area (Å²) in [7, 11) is 0. The van der Waals surface area contributed by atoms with Crippen LogP contribution in [0.15, 0.2) is 41.5 Å². The second-order valence-corrected chi connectivity index (χ2v) is 13.9. The molecule has 6 N–H and O–H groups in total. The van der Waals surface area contributed by atoms with E-state index < -0.39 is 101 Å². The van der Waals surface area contributed by atoms with Crippen LogP contribution in [-0.4, -0.2) is 104 Å². The number of rotatable bonds is 6. The number of amides is 1. The van der Waals surface area contributed by atoms with Crippen molar-refractivity contribution in [2.75, 3.05) is 6.61 Å². The molecule has 1 radical (unpaired) electrons. The Hall–Kier alpha value is -1.76. The van der Waals surface area contributed by atoms with Crippen molar-refractivity contribution in [1.29, 1.82) is 0 Å². The fourth-order valence-electron chi connectivity index (χ4n) is 8.37. The average molecular weight is 873 g/mol. The molecule has 13 nitrogen and oxygen atoms in total. The van der Waals surface area contributed by atoms with Crippen LogP contribution in [0.3, 0.4) is 0 Å². The molecule has 3 aliphatic carbocycles. The number of esters is 2. The molecule has 5 rings (SSSR count). The third-order valence-electron chi connectivity index (χ3n) is 11.0. The number of ether oxygens (including phenoxy) is 3. The molecule has 4 aliphatic rings. The Morgan fingerprint density at radius 2 is 1.66 bits per heavy atom. The van der Waals surface area contributed by atoms with E-state index >= 15 is 0 Å². The SMILES string of the molecule is CC(=O)NC(c1ccccc1)C(O)C(=O)OC1CC2(O)C(OC(C)=O)C3C4(O)COC4CC(O)[C@@]3(C)C(=O)C(O)C(=C1C)C2(C)C.[Ac]. The number of carbonyl (C=O) groups is 4. The molecule has 47 heavy (non-hydrogen) atoms. The van der Waals surface area contributed by atoms with E-state index in [0.29, 0.717) is 5.56 Å². The Morgan fingerprint density at radius 1 is 1.04 bits per heavy atom. The smallest absolute Gasteiger partial charge is 0.338 e. The van der Waals surface area contributed by atoms with Crippen LogP contribution in [0, 0.1) is 60.8 Å². The summed E-state index contributed by atoms with van der Waals surface area (Å²) in [4.78, 5) is 52.5. The first kappa shape index (κ1) is 38.1. The van der Waals surface area contributed by atoms with Gasteiger partial charge in [-0.2, -0.15) is 0 Å².